The fourth-order valence-corrected chi connectivity index (χ4v) is 3.02. The number of hydrogen-bond acceptors (Lipinski definition) is 6. The Morgan fingerprint density at radius 2 is 2.07 bits per heavy atom. The number of pyridine rings is 1. The quantitative estimate of drug-likeness (QED) is 0.512. The number of H-pyrrole nitrogens is 1. The van der Waals surface area contributed by atoms with Crippen molar-refractivity contribution in [3.05, 3.63) is 54.6 Å². The summed E-state index contributed by atoms with van der Waals surface area (Å²) >= 11 is 0. The van der Waals surface area contributed by atoms with E-state index in [9.17, 15) is 5.11 Å². The summed E-state index contributed by atoms with van der Waals surface area (Å²) in [4.78, 5) is 8.73. The highest BCUT2D eigenvalue weighted by atomic mass is 16.5. The third kappa shape index (κ3) is 3.78. The second-order valence-electron chi connectivity index (χ2n) is 6.85. The van der Waals surface area contributed by atoms with Crippen molar-refractivity contribution in [2.45, 2.75) is 32.5 Å². The number of aromatic nitrogens is 6. The molecule has 4 rings (SSSR count). The summed E-state index contributed by atoms with van der Waals surface area (Å²) < 4.78 is 7.29. The number of aliphatic hydroxyl groups excluding tert-OH is 1. The van der Waals surface area contributed by atoms with Gasteiger partial charge in [0.25, 0.3) is 0 Å². The van der Waals surface area contributed by atoms with Crippen molar-refractivity contribution in [1.82, 2.24) is 29.9 Å². The van der Waals surface area contributed by atoms with E-state index in [0.29, 0.717) is 18.9 Å². The van der Waals surface area contributed by atoms with Crippen LogP contribution in [0.3, 0.4) is 0 Å². The molecule has 3 heterocycles. The van der Waals surface area contributed by atoms with Gasteiger partial charge in [0, 0.05) is 30.2 Å². The summed E-state index contributed by atoms with van der Waals surface area (Å²) in [5, 5.41) is 22.5. The number of aliphatic hydroxyl groups is 1. The highest BCUT2D eigenvalue weighted by Gasteiger charge is 2.13. The van der Waals surface area contributed by atoms with Crippen LogP contribution < -0.4 is 0 Å². The first kappa shape index (κ1) is 18.3. The molecule has 0 aliphatic heterocycles. The van der Waals surface area contributed by atoms with Gasteiger partial charge in [-0.3, -0.25) is 5.10 Å². The van der Waals surface area contributed by atoms with E-state index in [1.165, 1.54) is 6.33 Å². The number of nitrogens with one attached hydrogen (secondary N) is 1. The minimum absolute atomic E-state index is 0.152. The van der Waals surface area contributed by atoms with Crippen LogP contribution >= 0.6 is 0 Å². The van der Waals surface area contributed by atoms with Gasteiger partial charge in [-0.2, -0.15) is 10.2 Å². The highest BCUT2D eigenvalue weighted by Crippen LogP contribution is 2.24. The smallest absolute Gasteiger partial charge is 0.162 e. The van der Waals surface area contributed by atoms with Crippen molar-refractivity contribution < 1.29 is 9.84 Å². The normalized spacial score (nSPS) is 12.7. The van der Waals surface area contributed by atoms with Gasteiger partial charge in [-0.25, -0.2) is 14.6 Å². The molecule has 8 heteroatoms. The van der Waals surface area contributed by atoms with E-state index < -0.39 is 6.10 Å². The lowest BCUT2D eigenvalue weighted by molar-refractivity contribution is 0.0465. The van der Waals surface area contributed by atoms with Gasteiger partial charge in [-0.1, -0.05) is 12.1 Å². The third-order valence-corrected chi connectivity index (χ3v) is 4.44. The predicted molar refractivity (Wildman–Crippen MR) is 105 cm³/mol. The Bertz CT molecular complexity index is 1060. The second-order valence-corrected chi connectivity index (χ2v) is 6.85. The van der Waals surface area contributed by atoms with Crippen LogP contribution in [-0.4, -0.2) is 47.8 Å². The Kier molecular flexibility index (Phi) is 5.14. The monoisotopic (exact) mass is 378 g/mol. The molecule has 28 heavy (non-hydrogen) atoms. The number of benzene rings is 1. The van der Waals surface area contributed by atoms with Crippen LogP contribution in [-0.2, 0) is 4.74 Å². The van der Waals surface area contributed by atoms with Crippen LogP contribution in [0.4, 0.5) is 0 Å². The molecule has 3 aromatic heterocycles. The first-order valence-electron chi connectivity index (χ1n) is 9.21. The number of fused-ring (bicyclic) bond motifs is 1. The summed E-state index contributed by atoms with van der Waals surface area (Å²) in [5.74, 6) is 0.695. The van der Waals surface area contributed by atoms with E-state index >= 15 is 0 Å². The van der Waals surface area contributed by atoms with Crippen molar-refractivity contribution in [1.29, 1.82) is 0 Å². The van der Waals surface area contributed by atoms with E-state index in [1.807, 2.05) is 44.2 Å². The topological polar surface area (TPSA) is 102 Å². The summed E-state index contributed by atoms with van der Waals surface area (Å²) in [6.45, 7) is 4.46. The maximum absolute atomic E-state index is 10.4. The van der Waals surface area contributed by atoms with Gasteiger partial charge >= 0.3 is 0 Å². The number of ether oxygens (including phenoxy) is 1. The lowest BCUT2D eigenvalue weighted by Gasteiger charge is -2.13. The highest BCUT2D eigenvalue weighted by molar-refractivity contribution is 5.77. The maximum Gasteiger partial charge on any atom is 0.162 e. The molecule has 0 unspecified atom stereocenters. The molecular formula is C20H22N6O2. The SMILES string of the molecule is CC(C)OCC[C@H](O)c1cnc2c(cnn2-c2cccc(-c3ncn[nH]3)c2)c1. The number of aromatic amines is 1. The second kappa shape index (κ2) is 7.87. The Morgan fingerprint density at radius 1 is 1.18 bits per heavy atom. The van der Waals surface area contributed by atoms with E-state index in [2.05, 4.69) is 25.3 Å². The van der Waals surface area contributed by atoms with Crippen LogP contribution in [0, 0.1) is 0 Å². The molecule has 144 valence electrons. The average Bonchev–Trinajstić information content (AvgIpc) is 3.37. The van der Waals surface area contributed by atoms with Gasteiger partial charge in [-0.05, 0) is 37.6 Å². The van der Waals surface area contributed by atoms with Crippen molar-refractivity contribution in [2.75, 3.05) is 6.61 Å². The van der Waals surface area contributed by atoms with Crippen molar-refractivity contribution in [3.63, 3.8) is 0 Å². The van der Waals surface area contributed by atoms with E-state index in [0.717, 1.165) is 27.8 Å². The van der Waals surface area contributed by atoms with Gasteiger partial charge in [-0.15, -0.1) is 0 Å². The van der Waals surface area contributed by atoms with E-state index in [4.69, 9.17) is 4.74 Å². The zero-order chi connectivity index (χ0) is 19.5. The summed E-state index contributed by atoms with van der Waals surface area (Å²) in [6.07, 6.45) is 4.99. The van der Waals surface area contributed by atoms with E-state index in [1.54, 1.807) is 17.1 Å². The third-order valence-electron chi connectivity index (χ3n) is 4.44. The Morgan fingerprint density at radius 3 is 2.86 bits per heavy atom. The largest absolute Gasteiger partial charge is 0.388 e. The first-order valence-corrected chi connectivity index (χ1v) is 9.21. The molecule has 0 radical (unpaired) electrons. The molecule has 2 N–H and O–H groups in total. The molecule has 1 aromatic carbocycles. The molecule has 0 spiro atoms. The lowest BCUT2D eigenvalue weighted by atomic mass is 10.1. The lowest BCUT2D eigenvalue weighted by Crippen LogP contribution is -2.08. The molecule has 0 aliphatic carbocycles. The molecule has 0 bridgehead atoms. The molecule has 0 saturated carbocycles. The predicted octanol–water partition coefficient (Wildman–Crippen LogP) is 3.05. The van der Waals surface area contributed by atoms with E-state index in [-0.39, 0.29) is 6.10 Å². The molecule has 8 nitrogen and oxygen atoms in total. The van der Waals surface area contributed by atoms with Gasteiger partial charge in [0.15, 0.2) is 11.5 Å². The van der Waals surface area contributed by atoms with Gasteiger partial charge in [0.1, 0.15) is 6.33 Å². The Labute approximate surface area is 162 Å². The minimum atomic E-state index is -0.617. The molecule has 0 aliphatic rings. The fraction of sp³-hybridized carbons (Fsp3) is 0.300. The first-order chi connectivity index (χ1) is 13.6. The fourth-order valence-electron chi connectivity index (χ4n) is 3.02. The van der Waals surface area contributed by atoms with Crippen LogP contribution in [0.2, 0.25) is 0 Å². The Hall–Kier alpha value is -3.10. The van der Waals surface area contributed by atoms with Gasteiger partial charge in [0.2, 0.25) is 0 Å². The zero-order valence-electron chi connectivity index (χ0n) is 15.8. The minimum Gasteiger partial charge on any atom is -0.388 e. The Balaban J connectivity index is 1.59. The summed E-state index contributed by atoms with van der Waals surface area (Å²) in [7, 11) is 0. The number of rotatable bonds is 7. The molecule has 4 aromatic rings. The molecular weight excluding hydrogens is 356 g/mol. The average molecular weight is 378 g/mol. The van der Waals surface area contributed by atoms with Gasteiger partial charge in [0.05, 0.1) is 24.1 Å². The van der Waals surface area contributed by atoms with Crippen LogP contribution in [0.5, 0.6) is 0 Å². The van der Waals surface area contributed by atoms with Crippen LogP contribution in [0.25, 0.3) is 28.1 Å². The van der Waals surface area contributed by atoms with Crippen molar-refractivity contribution in [3.8, 4) is 17.1 Å². The molecule has 1 atom stereocenters. The molecule has 0 fully saturated rings. The maximum atomic E-state index is 10.4. The molecule has 0 amide bonds. The molecule has 0 saturated heterocycles. The summed E-state index contributed by atoms with van der Waals surface area (Å²) in [5.41, 5.74) is 3.27. The zero-order valence-corrected chi connectivity index (χ0v) is 15.8. The van der Waals surface area contributed by atoms with Crippen LogP contribution in [0.15, 0.2) is 49.1 Å². The number of nitrogens with zero attached hydrogens (tertiary/aromatic N) is 5. The van der Waals surface area contributed by atoms with Crippen LogP contribution in [0.1, 0.15) is 31.9 Å². The standard InChI is InChI=1S/C20H22N6O2/c1-13(2)28-7-6-18(27)15-8-16-11-24-26(20(16)21-10-15)17-5-3-4-14(9-17)19-22-12-23-25-19/h3-5,8-13,18,27H,6-7H2,1-2H3,(H,22,23,25)/t18-/m0/s1. The van der Waals surface area contributed by atoms with Crippen molar-refractivity contribution in [2.24, 2.45) is 0 Å². The van der Waals surface area contributed by atoms with Gasteiger partial charge < -0.3 is 9.84 Å². The number of hydrogen-bond donors (Lipinski definition) is 2. The summed E-state index contributed by atoms with van der Waals surface area (Å²) in [6, 6.07) is 9.75. The van der Waals surface area contributed by atoms with Crippen molar-refractivity contribution >= 4 is 11.0 Å².